The Morgan fingerprint density at radius 1 is 0.857 bits per heavy atom. The summed E-state index contributed by atoms with van der Waals surface area (Å²) >= 11 is 0. The van der Waals surface area contributed by atoms with Gasteiger partial charge in [0, 0.05) is 11.8 Å². The van der Waals surface area contributed by atoms with Crippen LogP contribution in [0.1, 0.15) is 16.8 Å². The molecule has 0 aliphatic heterocycles. The van der Waals surface area contributed by atoms with Gasteiger partial charge in [-0.2, -0.15) is 5.26 Å². The fourth-order valence-corrected chi connectivity index (χ4v) is 3.05. The molecule has 1 aliphatic rings. The predicted octanol–water partition coefficient (Wildman–Crippen LogP) is 4.19. The lowest BCUT2D eigenvalue weighted by molar-refractivity contribution is 1.25. The molecule has 2 aromatic carbocycles. The molecule has 1 heterocycles. The second kappa shape index (κ2) is 4.57. The minimum absolute atomic E-state index is 0.451. The van der Waals surface area contributed by atoms with E-state index in [0.717, 1.165) is 12.0 Å². The monoisotopic (exact) mass is 268 g/mol. The first kappa shape index (κ1) is 11.9. The Hall–Kier alpha value is -2.92. The van der Waals surface area contributed by atoms with Crippen molar-refractivity contribution >= 4 is 0 Å². The Morgan fingerprint density at radius 2 is 1.67 bits per heavy atom. The summed E-state index contributed by atoms with van der Waals surface area (Å²) in [4.78, 5) is 4.19. The molecule has 98 valence electrons. The highest BCUT2D eigenvalue weighted by atomic mass is 14.7. The van der Waals surface area contributed by atoms with Crippen molar-refractivity contribution in [2.24, 2.45) is 0 Å². The van der Waals surface area contributed by atoms with Crippen molar-refractivity contribution in [3.63, 3.8) is 0 Å². The first-order valence-corrected chi connectivity index (χ1v) is 6.93. The van der Waals surface area contributed by atoms with Gasteiger partial charge < -0.3 is 0 Å². The van der Waals surface area contributed by atoms with Gasteiger partial charge in [-0.1, -0.05) is 42.5 Å². The van der Waals surface area contributed by atoms with Crippen LogP contribution < -0.4 is 0 Å². The number of hydrogen-bond donors (Lipinski definition) is 0. The third-order valence-electron chi connectivity index (χ3n) is 4.01. The van der Waals surface area contributed by atoms with Crippen LogP contribution in [0.4, 0.5) is 0 Å². The molecule has 0 radical (unpaired) electrons. The first-order valence-electron chi connectivity index (χ1n) is 6.93. The smallest absolute Gasteiger partial charge is 0.140 e. The van der Waals surface area contributed by atoms with Crippen molar-refractivity contribution < 1.29 is 0 Å². The lowest BCUT2D eigenvalue weighted by atomic mass is 9.95. The molecule has 0 bridgehead atoms. The van der Waals surface area contributed by atoms with E-state index in [1.165, 1.54) is 27.8 Å². The number of hydrogen-bond acceptors (Lipinski definition) is 2. The number of nitrogens with zero attached hydrogens (tertiary/aromatic N) is 2. The van der Waals surface area contributed by atoms with E-state index >= 15 is 0 Å². The van der Waals surface area contributed by atoms with E-state index in [2.05, 4.69) is 53.5 Å². The van der Waals surface area contributed by atoms with Crippen LogP contribution in [0.5, 0.6) is 0 Å². The van der Waals surface area contributed by atoms with Crippen LogP contribution in [0.15, 0.2) is 60.8 Å². The largest absolute Gasteiger partial charge is 0.245 e. The average molecular weight is 268 g/mol. The third-order valence-corrected chi connectivity index (χ3v) is 4.01. The topological polar surface area (TPSA) is 36.7 Å². The van der Waals surface area contributed by atoms with Crippen LogP contribution in [0.25, 0.3) is 22.3 Å². The van der Waals surface area contributed by atoms with Gasteiger partial charge in [-0.3, -0.25) is 0 Å². The minimum Gasteiger partial charge on any atom is -0.245 e. The van der Waals surface area contributed by atoms with Crippen molar-refractivity contribution in [1.29, 1.82) is 5.26 Å². The standard InChI is InChI=1S/C19H12N2/c20-11-16-9-8-15(12-21-16)18-7-3-5-14-10-13-4-1-2-6-17(13)19(14)18/h1-9,12H,10H2. The lowest BCUT2D eigenvalue weighted by Crippen LogP contribution is -1.88. The third kappa shape index (κ3) is 1.83. The summed E-state index contributed by atoms with van der Waals surface area (Å²) in [6.45, 7) is 0. The number of aromatic nitrogens is 1. The summed E-state index contributed by atoms with van der Waals surface area (Å²) in [7, 11) is 0. The van der Waals surface area contributed by atoms with Crippen molar-refractivity contribution in [2.45, 2.75) is 6.42 Å². The average Bonchev–Trinajstić information content (AvgIpc) is 2.93. The molecule has 0 N–H and O–H groups in total. The highest BCUT2D eigenvalue weighted by molar-refractivity contribution is 5.90. The van der Waals surface area contributed by atoms with E-state index in [4.69, 9.17) is 5.26 Å². The summed E-state index contributed by atoms with van der Waals surface area (Å²) in [5.41, 5.74) is 8.05. The maximum absolute atomic E-state index is 8.87. The summed E-state index contributed by atoms with van der Waals surface area (Å²) in [6, 6.07) is 20.8. The van der Waals surface area contributed by atoms with E-state index in [-0.39, 0.29) is 0 Å². The summed E-state index contributed by atoms with van der Waals surface area (Å²) in [6.07, 6.45) is 2.78. The molecule has 0 amide bonds. The zero-order valence-corrected chi connectivity index (χ0v) is 11.4. The number of benzene rings is 2. The number of rotatable bonds is 1. The zero-order valence-electron chi connectivity index (χ0n) is 11.4. The van der Waals surface area contributed by atoms with E-state index in [9.17, 15) is 0 Å². The first-order chi connectivity index (χ1) is 10.4. The molecule has 1 aromatic heterocycles. The quantitative estimate of drug-likeness (QED) is 0.519. The second-order valence-corrected chi connectivity index (χ2v) is 5.22. The SMILES string of the molecule is N#Cc1ccc(-c2cccc3c2-c2ccccc2C3)cn1. The molecule has 1 aliphatic carbocycles. The predicted molar refractivity (Wildman–Crippen MR) is 82.6 cm³/mol. The summed E-state index contributed by atoms with van der Waals surface area (Å²) < 4.78 is 0. The second-order valence-electron chi connectivity index (χ2n) is 5.22. The molecule has 3 aromatic rings. The maximum atomic E-state index is 8.87. The van der Waals surface area contributed by atoms with Gasteiger partial charge in [0.1, 0.15) is 11.8 Å². The van der Waals surface area contributed by atoms with Gasteiger partial charge in [0.15, 0.2) is 0 Å². The fourth-order valence-electron chi connectivity index (χ4n) is 3.05. The minimum atomic E-state index is 0.451. The van der Waals surface area contributed by atoms with Crippen molar-refractivity contribution in [2.75, 3.05) is 0 Å². The van der Waals surface area contributed by atoms with Gasteiger partial charge in [0.05, 0.1) is 0 Å². The highest BCUT2D eigenvalue weighted by Gasteiger charge is 2.21. The van der Waals surface area contributed by atoms with Gasteiger partial charge in [-0.15, -0.1) is 0 Å². The van der Waals surface area contributed by atoms with Crippen LogP contribution >= 0.6 is 0 Å². The molecule has 0 saturated heterocycles. The Bertz CT molecular complexity index is 871. The highest BCUT2D eigenvalue weighted by Crippen LogP contribution is 2.42. The van der Waals surface area contributed by atoms with Crippen LogP contribution in [0, 0.1) is 11.3 Å². The molecule has 0 unspecified atom stereocenters. The Labute approximate surface area is 123 Å². The summed E-state index contributed by atoms with van der Waals surface area (Å²) in [5.74, 6) is 0. The van der Waals surface area contributed by atoms with Crippen LogP contribution in [-0.4, -0.2) is 4.98 Å². The summed E-state index contributed by atoms with van der Waals surface area (Å²) in [5, 5.41) is 8.87. The van der Waals surface area contributed by atoms with Crippen molar-refractivity contribution in [3.05, 3.63) is 77.6 Å². The lowest BCUT2D eigenvalue weighted by Gasteiger charge is -2.09. The number of fused-ring (bicyclic) bond motifs is 3. The molecule has 0 atom stereocenters. The maximum Gasteiger partial charge on any atom is 0.140 e. The molecule has 0 fully saturated rings. The number of pyridine rings is 1. The van der Waals surface area contributed by atoms with Gasteiger partial charge >= 0.3 is 0 Å². The van der Waals surface area contributed by atoms with E-state index in [1.54, 1.807) is 12.3 Å². The normalized spacial score (nSPS) is 11.6. The molecule has 2 heteroatoms. The fraction of sp³-hybridized carbons (Fsp3) is 0.0526. The van der Waals surface area contributed by atoms with E-state index < -0.39 is 0 Å². The van der Waals surface area contributed by atoms with Crippen LogP contribution in [-0.2, 0) is 6.42 Å². The molecular weight excluding hydrogens is 256 g/mol. The zero-order chi connectivity index (χ0) is 14.2. The molecule has 2 nitrogen and oxygen atoms in total. The van der Waals surface area contributed by atoms with Crippen molar-refractivity contribution in [1.82, 2.24) is 4.98 Å². The van der Waals surface area contributed by atoms with Gasteiger partial charge in [-0.05, 0) is 46.4 Å². The van der Waals surface area contributed by atoms with E-state index in [1.807, 2.05) is 6.07 Å². The molecule has 4 rings (SSSR count). The van der Waals surface area contributed by atoms with Gasteiger partial charge in [0.25, 0.3) is 0 Å². The van der Waals surface area contributed by atoms with Crippen molar-refractivity contribution in [3.8, 4) is 28.3 Å². The molecule has 21 heavy (non-hydrogen) atoms. The Kier molecular flexibility index (Phi) is 2.58. The van der Waals surface area contributed by atoms with Gasteiger partial charge in [-0.25, -0.2) is 4.98 Å². The molecular formula is C19H12N2. The number of nitriles is 1. The Morgan fingerprint density at radius 3 is 2.48 bits per heavy atom. The molecule has 0 spiro atoms. The van der Waals surface area contributed by atoms with Crippen LogP contribution in [0.2, 0.25) is 0 Å². The van der Waals surface area contributed by atoms with E-state index in [0.29, 0.717) is 5.69 Å². The van der Waals surface area contributed by atoms with Crippen LogP contribution in [0.3, 0.4) is 0 Å². The molecule has 0 saturated carbocycles. The Balaban J connectivity index is 1.93. The van der Waals surface area contributed by atoms with Gasteiger partial charge in [0.2, 0.25) is 0 Å².